The number of carbonyl (C=O) groups is 1. The van der Waals surface area contributed by atoms with Gasteiger partial charge in [-0.25, -0.2) is 0 Å². The number of rotatable bonds is 2. The second-order valence-electron chi connectivity index (χ2n) is 3.93. The minimum atomic E-state index is -0.688. The van der Waals surface area contributed by atoms with Crippen molar-refractivity contribution < 1.29 is 9.53 Å². The van der Waals surface area contributed by atoms with Crippen molar-refractivity contribution in [1.82, 2.24) is 0 Å². The average Bonchev–Trinajstić information content (AvgIpc) is 2.67. The van der Waals surface area contributed by atoms with Gasteiger partial charge in [0.15, 0.2) is 17.8 Å². The van der Waals surface area contributed by atoms with Crippen LogP contribution in [0.1, 0.15) is 18.4 Å². The maximum Gasteiger partial charge on any atom is 0.199 e. The molecule has 0 unspecified atom stereocenters. The molecular formula is C13H12N2O2. The molecule has 1 aromatic rings. The lowest BCUT2D eigenvalue weighted by molar-refractivity contribution is -0.125. The Morgan fingerprint density at radius 1 is 1.41 bits per heavy atom. The van der Waals surface area contributed by atoms with Gasteiger partial charge in [-0.05, 0) is 12.5 Å². The van der Waals surface area contributed by atoms with Crippen LogP contribution >= 0.6 is 0 Å². The van der Waals surface area contributed by atoms with Crippen molar-refractivity contribution in [2.45, 2.75) is 18.9 Å². The fourth-order valence-electron chi connectivity index (χ4n) is 2.02. The maximum atomic E-state index is 11.5. The third-order valence-electron chi connectivity index (χ3n) is 2.81. The fourth-order valence-corrected chi connectivity index (χ4v) is 2.02. The zero-order chi connectivity index (χ0) is 12.4. The van der Waals surface area contributed by atoms with Gasteiger partial charge in [0, 0.05) is 0 Å². The summed E-state index contributed by atoms with van der Waals surface area (Å²) in [7, 11) is 0. The van der Waals surface area contributed by atoms with Crippen LogP contribution in [0, 0.1) is 11.3 Å². The second-order valence-corrected chi connectivity index (χ2v) is 3.93. The first-order valence-electron chi connectivity index (χ1n) is 5.27. The molecule has 86 valence electrons. The highest BCUT2D eigenvalue weighted by Crippen LogP contribution is 2.37. The summed E-state index contributed by atoms with van der Waals surface area (Å²) in [4.78, 5) is 11.5. The van der Waals surface area contributed by atoms with E-state index in [0.29, 0.717) is 5.57 Å². The second kappa shape index (κ2) is 4.30. The van der Waals surface area contributed by atoms with Crippen molar-refractivity contribution in [3.05, 3.63) is 47.4 Å². The molecule has 0 saturated heterocycles. The van der Waals surface area contributed by atoms with E-state index in [1.807, 2.05) is 36.4 Å². The Bertz CT molecular complexity index is 514. The number of nitrogens with two attached hydrogens (primary N) is 1. The summed E-state index contributed by atoms with van der Waals surface area (Å²) >= 11 is 0. The monoisotopic (exact) mass is 228 g/mol. The Labute approximate surface area is 99.3 Å². The van der Waals surface area contributed by atoms with Crippen LogP contribution in [0.3, 0.4) is 0 Å². The quantitative estimate of drug-likeness (QED) is 0.831. The third-order valence-corrected chi connectivity index (χ3v) is 2.81. The van der Waals surface area contributed by atoms with Crippen LogP contribution in [-0.4, -0.2) is 11.9 Å². The molecule has 4 nitrogen and oxygen atoms in total. The van der Waals surface area contributed by atoms with Crippen LogP contribution in [0.15, 0.2) is 41.8 Å². The van der Waals surface area contributed by atoms with E-state index in [-0.39, 0.29) is 11.7 Å². The predicted octanol–water partition coefficient (Wildman–Crippen LogP) is 1.45. The summed E-state index contributed by atoms with van der Waals surface area (Å²) in [6.07, 6.45) is -0.688. The highest BCUT2D eigenvalue weighted by molar-refractivity contribution is 5.83. The largest absolute Gasteiger partial charge is 0.466 e. The van der Waals surface area contributed by atoms with Gasteiger partial charge in [0.2, 0.25) is 0 Å². The lowest BCUT2D eigenvalue weighted by Crippen LogP contribution is -2.25. The Kier molecular flexibility index (Phi) is 2.84. The van der Waals surface area contributed by atoms with Gasteiger partial charge >= 0.3 is 0 Å². The molecule has 1 aromatic carbocycles. The van der Waals surface area contributed by atoms with E-state index < -0.39 is 12.0 Å². The number of ether oxygens (including phenoxy) is 1. The van der Waals surface area contributed by atoms with Crippen molar-refractivity contribution in [1.29, 1.82) is 5.26 Å². The summed E-state index contributed by atoms with van der Waals surface area (Å²) in [5.41, 5.74) is 6.82. The molecular weight excluding hydrogens is 216 g/mol. The highest BCUT2D eigenvalue weighted by Gasteiger charge is 2.39. The first kappa shape index (κ1) is 11.2. The SMILES string of the molecule is CC(=O)[C@H]1OC(N)=C(C#N)[C@H]1c1ccccc1. The molecule has 0 spiro atoms. The van der Waals surface area contributed by atoms with Crippen molar-refractivity contribution in [2.24, 2.45) is 5.73 Å². The van der Waals surface area contributed by atoms with E-state index in [4.69, 9.17) is 15.7 Å². The van der Waals surface area contributed by atoms with Crippen molar-refractivity contribution in [3.8, 4) is 6.07 Å². The van der Waals surface area contributed by atoms with Gasteiger partial charge < -0.3 is 10.5 Å². The van der Waals surface area contributed by atoms with Crippen molar-refractivity contribution in [3.63, 3.8) is 0 Å². The molecule has 17 heavy (non-hydrogen) atoms. The summed E-state index contributed by atoms with van der Waals surface area (Å²) in [6, 6.07) is 11.3. The zero-order valence-electron chi connectivity index (χ0n) is 9.38. The van der Waals surface area contributed by atoms with Gasteiger partial charge in [-0.3, -0.25) is 4.79 Å². The summed E-state index contributed by atoms with van der Waals surface area (Å²) < 4.78 is 5.28. The molecule has 1 aliphatic rings. The zero-order valence-corrected chi connectivity index (χ0v) is 9.38. The van der Waals surface area contributed by atoms with E-state index in [9.17, 15) is 4.79 Å². The maximum absolute atomic E-state index is 11.5. The van der Waals surface area contributed by atoms with Crippen LogP contribution in [-0.2, 0) is 9.53 Å². The highest BCUT2D eigenvalue weighted by atomic mass is 16.5. The molecule has 2 atom stereocenters. The standard InChI is InChI=1S/C13H12N2O2/c1-8(16)12-11(9-5-3-2-4-6-9)10(7-14)13(15)17-12/h2-6,11-12H,15H2,1H3/t11-,12-/m1/s1. The minimum absolute atomic E-state index is 0.0570. The van der Waals surface area contributed by atoms with Gasteiger partial charge in [-0.1, -0.05) is 30.3 Å². The number of hydrogen-bond donors (Lipinski definition) is 1. The molecule has 0 amide bonds. The number of Topliss-reactive ketones (excluding diaryl/α,β-unsaturated/α-hetero) is 1. The summed E-state index contributed by atoms with van der Waals surface area (Å²) in [6.45, 7) is 1.44. The van der Waals surface area contributed by atoms with Crippen molar-refractivity contribution >= 4 is 5.78 Å². The molecule has 0 bridgehead atoms. The van der Waals surface area contributed by atoms with Crippen LogP contribution in [0.5, 0.6) is 0 Å². The molecule has 4 heteroatoms. The molecule has 1 heterocycles. The molecule has 0 aromatic heterocycles. The number of nitriles is 1. The first-order valence-corrected chi connectivity index (χ1v) is 5.27. The van der Waals surface area contributed by atoms with Gasteiger partial charge in [-0.2, -0.15) is 5.26 Å². The van der Waals surface area contributed by atoms with Crippen LogP contribution < -0.4 is 5.73 Å². The Morgan fingerprint density at radius 2 is 2.06 bits per heavy atom. The minimum Gasteiger partial charge on any atom is -0.466 e. The molecule has 0 aliphatic carbocycles. The van der Waals surface area contributed by atoms with Crippen LogP contribution in [0.2, 0.25) is 0 Å². The first-order chi connectivity index (χ1) is 8.15. The molecule has 0 saturated carbocycles. The van der Waals surface area contributed by atoms with Gasteiger partial charge in [-0.15, -0.1) is 0 Å². The normalized spacial score (nSPS) is 23.1. The number of carbonyl (C=O) groups excluding carboxylic acids is 1. The van der Waals surface area contributed by atoms with Crippen LogP contribution in [0.25, 0.3) is 0 Å². The smallest absolute Gasteiger partial charge is 0.199 e. The van der Waals surface area contributed by atoms with E-state index in [2.05, 4.69) is 0 Å². The topological polar surface area (TPSA) is 76.1 Å². The number of nitrogens with zero attached hydrogens (tertiary/aromatic N) is 1. The van der Waals surface area contributed by atoms with Gasteiger partial charge in [0.25, 0.3) is 0 Å². The summed E-state index contributed by atoms with van der Waals surface area (Å²) in [5, 5.41) is 9.09. The predicted molar refractivity (Wildman–Crippen MR) is 61.6 cm³/mol. The molecule has 2 rings (SSSR count). The Morgan fingerprint density at radius 3 is 2.59 bits per heavy atom. The lowest BCUT2D eigenvalue weighted by Gasteiger charge is -2.16. The average molecular weight is 228 g/mol. The Hall–Kier alpha value is -2.28. The van der Waals surface area contributed by atoms with E-state index in [0.717, 1.165) is 5.56 Å². The number of benzene rings is 1. The molecule has 0 fully saturated rings. The van der Waals surface area contributed by atoms with E-state index >= 15 is 0 Å². The molecule has 2 N–H and O–H groups in total. The number of hydrogen-bond acceptors (Lipinski definition) is 4. The third kappa shape index (κ3) is 1.87. The molecule has 1 aliphatic heterocycles. The van der Waals surface area contributed by atoms with Crippen LogP contribution in [0.4, 0.5) is 0 Å². The Balaban J connectivity index is 2.47. The number of ketones is 1. The summed E-state index contributed by atoms with van der Waals surface area (Å²) in [5.74, 6) is -0.465. The lowest BCUT2D eigenvalue weighted by atomic mass is 9.87. The fraction of sp³-hybridized carbons (Fsp3) is 0.231. The molecule has 0 radical (unpaired) electrons. The van der Waals surface area contributed by atoms with E-state index in [1.165, 1.54) is 6.92 Å². The van der Waals surface area contributed by atoms with Gasteiger partial charge in [0.05, 0.1) is 5.92 Å². The van der Waals surface area contributed by atoms with E-state index in [1.54, 1.807) is 0 Å². The van der Waals surface area contributed by atoms with Crippen molar-refractivity contribution in [2.75, 3.05) is 0 Å². The van der Waals surface area contributed by atoms with Gasteiger partial charge in [0.1, 0.15) is 11.6 Å².